The van der Waals surface area contributed by atoms with Gasteiger partial charge in [-0.25, -0.2) is 14.2 Å². The van der Waals surface area contributed by atoms with Crippen molar-refractivity contribution in [3.63, 3.8) is 0 Å². The van der Waals surface area contributed by atoms with E-state index in [9.17, 15) is 9.18 Å². The number of anilines is 1. The third kappa shape index (κ3) is 3.17. The lowest BCUT2D eigenvalue weighted by atomic mass is 10.3. The SMILES string of the molecule is O=C(NCc1nc2ccccc2[nH]1)Nc1ccc(F)cc1. The summed E-state index contributed by atoms with van der Waals surface area (Å²) in [4.78, 5) is 19.2. The lowest BCUT2D eigenvalue weighted by Gasteiger charge is -2.06. The lowest BCUT2D eigenvalue weighted by molar-refractivity contribution is 0.251. The predicted molar refractivity (Wildman–Crippen MR) is 78.4 cm³/mol. The molecule has 2 aromatic carbocycles. The Morgan fingerprint density at radius 1 is 1.14 bits per heavy atom. The van der Waals surface area contributed by atoms with E-state index in [-0.39, 0.29) is 18.4 Å². The van der Waals surface area contributed by atoms with Crippen LogP contribution in [-0.2, 0) is 6.54 Å². The zero-order valence-corrected chi connectivity index (χ0v) is 11.1. The van der Waals surface area contributed by atoms with Crippen molar-refractivity contribution in [3.05, 3.63) is 60.2 Å². The minimum Gasteiger partial charge on any atom is -0.340 e. The third-order valence-electron chi connectivity index (χ3n) is 2.96. The third-order valence-corrected chi connectivity index (χ3v) is 2.96. The number of aromatic amines is 1. The Morgan fingerprint density at radius 2 is 1.90 bits per heavy atom. The van der Waals surface area contributed by atoms with Crippen LogP contribution < -0.4 is 10.6 Å². The van der Waals surface area contributed by atoms with Crippen LogP contribution in [0.2, 0.25) is 0 Å². The average Bonchev–Trinajstić information content (AvgIpc) is 2.90. The lowest BCUT2D eigenvalue weighted by Crippen LogP contribution is -2.28. The second-order valence-corrected chi connectivity index (χ2v) is 4.52. The highest BCUT2D eigenvalue weighted by Crippen LogP contribution is 2.10. The molecule has 6 heteroatoms. The van der Waals surface area contributed by atoms with Crippen molar-refractivity contribution in [3.8, 4) is 0 Å². The maximum Gasteiger partial charge on any atom is 0.319 e. The minimum absolute atomic E-state index is 0.279. The number of hydrogen-bond acceptors (Lipinski definition) is 2. The number of fused-ring (bicyclic) bond motifs is 1. The fourth-order valence-electron chi connectivity index (χ4n) is 1.96. The first-order valence-corrected chi connectivity index (χ1v) is 6.45. The number of carbonyl (C=O) groups is 1. The summed E-state index contributed by atoms with van der Waals surface area (Å²) >= 11 is 0. The molecule has 0 spiro atoms. The summed E-state index contributed by atoms with van der Waals surface area (Å²) in [6.45, 7) is 0.279. The van der Waals surface area contributed by atoms with Crippen LogP contribution in [0.1, 0.15) is 5.82 Å². The van der Waals surface area contributed by atoms with Crippen molar-refractivity contribution in [1.82, 2.24) is 15.3 Å². The topological polar surface area (TPSA) is 69.8 Å². The van der Waals surface area contributed by atoms with E-state index in [1.54, 1.807) is 0 Å². The van der Waals surface area contributed by atoms with Gasteiger partial charge in [-0.2, -0.15) is 0 Å². The van der Waals surface area contributed by atoms with Crippen LogP contribution in [0.3, 0.4) is 0 Å². The van der Waals surface area contributed by atoms with E-state index in [1.165, 1.54) is 24.3 Å². The van der Waals surface area contributed by atoms with Gasteiger partial charge in [0.05, 0.1) is 17.6 Å². The summed E-state index contributed by atoms with van der Waals surface area (Å²) in [5, 5.41) is 5.30. The van der Waals surface area contributed by atoms with Crippen molar-refractivity contribution in [2.24, 2.45) is 0 Å². The largest absolute Gasteiger partial charge is 0.340 e. The Labute approximate surface area is 120 Å². The van der Waals surface area contributed by atoms with Crippen molar-refractivity contribution < 1.29 is 9.18 Å². The number of H-pyrrole nitrogens is 1. The number of aromatic nitrogens is 2. The predicted octanol–water partition coefficient (Wildman–Crippen LogP) is 3.02. The molecular formula is C15H13FN4O. The van der Waals surface area contributed by atoms with Gasteiger partial charge in [0.15, 0.2) is 0 Å². The van der Waals surface area contributed by atoms with E-state index >= 15 is 0 Å². The fraction of sp³-hybridized carbons (Fsp3) is 0.0667. The van der Waals surface area contributed by atoms with Crippen LogP contribution in [0, 0.1) is 5.82 Å². The second-order valence-electron chi connectivity index (χ2n) is 4.52. The van der Waals surface area contributed by atoms with E-state index in [0.29, 0.717) is 11.5 Å². The number of nitrogens with one attached hydrogen (secondary N) is 3. The molecule has 3 N–H and O–H groups in total. The molecule has 0 aliphatic rings. The molecule has 0 aliphatic heterocycles. The molecule has 3 aromatic rings. The van der Waals surface area contributed by atoms with Gasteiger partial charge in [-0.05, 0) is 36.4 Å². The molecule has 0 bridgehead atoms. The van der Waals surface area contributed by atoms with Crippen molar-refractivity contribution >= 4 is 22.8 Å². The Kier molecular flexibility index (Phi) is 3.51. The summed E-state index contributed by atoms with van der Waals surface area (Å²) < 4.78 is 12.8. The molecule has 0 aliphatic carbocycles. The van der Waals surface area contributed by atoms with Crippen LogP contribution in [0.4, 0.5) is 14.9 Å². The summed E-state index contributed by atoms with van der Waals surface area (Å²) in [7, 11) is 0. The molecule has 0 unspecified atom stereocenters. The first-order valence-electron chi connectivity index (χ1n) is 6.45. The van der Waals surface area contributed by atoms with Crippen LogP contribution in [0.5, 0.6) is 0 Å². The Balaban J connectivity index is 1.59. The number of carbonyl (C=O) groups excluding carboxylic acids is 1. The second kappa shape index (κ2) is 5.62. The molecule has 3 rings (SSSR count). The molecular weight excluding hydrogens is 271 g/mol. The summed E-state index contributed by atoms with van der Waals surface area (Å²) in [5.74, 6) is 0.327. The van der Waals surface area contributed by atoms with Crippen LogP contribution in [0.15, 0.2) is 48.5 Å². The first kappa shape index (κ1) is 13.1. The number of rotatable bonds is 3. The minimum atomic E-state index is -0.373. The number of hydrogen-bond donors (Lipinski definition) is 3. The zero-order chi connectivity index (χ0) is 14.7. The quantitative estimate of drug-likeness (QED) is 0.692. The highest BCUT2D eigenvalue weighted by molar-refractivity contribution is 5.89. The van der Waals surface area contributed by atoms with Gasteiger partial charge in [0.1, 0.15) is 11.6 Å². The van der Waals surface area contributed by atoms with E-state index in [1.807, 2.05) is 24.3 Å². The molecule has 2 amide bonds. The molecule has 0 saturated carbocycles. The molecule has 0 radical (unpaired) electrons. The first-order chi connectivity index (χ1) is 10.2. The van der Waals surface area contributed by atoms with E-state index in [0.717, 1.165) is 11.0 Å². The zero-order valence-electron chi connectivity index (χ0n) is 11.1. The smallest absolute Gasteiger partial charge is 0.319 e. The van der Waals surface area contributed by atoms with Crippen molar-refractivity contribution in [1.29, 1.82) is 0 Å². The highest BCUT2D eigenvalue weighted by atomic mass is 19.1. The summed E-state index contributed by atoms with van der Waals surface area (Å²) in [6, 6.07) is 12.8. The van der Waals surface area contributed by atoms with Crippen molar-refractivity contribution in [2.75, 3.05) is 5.32 Å². The molecule has 0 saturated heterocycles. The summed E-state index contributed by atoms with van der Waals surface area (Å²) in [6.07, 6.45) is 0. The maximum atomic E-state index is 12.8. The van der Waals surface area contributed by atoms with Gasteiger partial charge >= 0.3 is 6.03 Å². The van der Waals surface area contributed by atoms with Crippen LogP contribution in [0.25, 0.3) is 11.0 Å². The van der Waals surface area contributed by atoms with Gasteiger partial charge in [0.2, 0.25) is 0 Å². The fourth-order valence-corrected chi connectivity index (χ4v) is 1.96. The van der Waals surface area contributed by atoms with Gasteiger partial charge in [-0.1, -0.05) is 12.1 Å². The van der Waals surface area contributed by atoms with E-state index in [2.05, 4.69) is 20.6 Å². The van der Waals surface area contributed by atoms with Crippen LogP contribution >= 0.6 is 0 Å². The normalized spacial score (nSPS) is 10.5. The van der Waals surface area contributed by atoms with Gasteiger partial charge in [-0.15, -0.1) is 0 Å². The number of para-hydroxylation sites is 2. The van der Waals surface area contributed by atoms with E-state index in [4.69, 9.17) is 0 Å². The molecule has 0 fully saturated rings. The van der Waals surface area contributed by atoms with Gasteiger partial charge in [0, 0.05) is 5.69 Å². The Morgan fingerprint density at radius 3 is 2.67 bits per heavy atom. The molecule has 5 nitrogen and oxygen atoms in total. The molecule has 1 aromatic heterocycles. The Bertz CT molecular complexity index is 734. The van der Waals surface area contributed by atoms with Gasteiger partial charge in [-0.3, -0.25) is 0 Å². The summed E-state index contributed by atoms with van der Waals surface area (Å²) in [5.41, 5.74) is 2.31. The molecule has 106 valence electrons. The number of amides is 2. The van der Waals surface area contributed by atoms with Gasteiger partial charge in [0.25, 0.3) is 0 Å². The van der Waals surface area contributed by atoms with E-state index < -0.39 is 0 Å². The Hall–Kier alpha value is -2.89. The monoisotopic (exact) mass is 284 g/mol. The van der Waals surface area contributed by atoms with Crippen LogP contribution in [-0.4, -0.2) is 16.0 Å². The molecule has 21 heavy (non-hydrogen) atoms. The van der Waals surface area contributed by atoms with Crippen molar-refractivity contribution in [2.45, 2.75) is 6.54 Å². The number of nitrogens with zero attached hydrogens (tertiary/aromatic N) is 1. The number of imidazole rings is 1. The maximum absolute atomic E-state index is 12.8. The highest BCUT2D eigenvalue weighted by Gasteiger charge is 2.05. The number of halogens is 1. The number of benzene rings is 2. The number of urea groups is 1. The van der Waals surface area contributed by atoms with Gasteiger partial charge < -0.3 is 15.6 Å². The molecule has 1 heterocycles. The molecule has 0 atom stereocenters. The average molecular weight is 284 g/mol. The standard InChI is InChI=1S/C15H13FN4O/c16-10-5-7-11(8-6-10)18-15(21)17-9-14-19-12-3-1-2-4-13(12)20-14/h1-8H,9H2,(H,19,20)(H2,17,18,21).